The van der Waals surface area contributed by atoms with E-state index >= 15 is 0 Å². The second-order valence-corrected chi connectivity index (χ2v) is 5.68. The summed E-state index contributed by atoms with van der Waals surface area (Å²) >= 11 is 0. The highest BCUT2D eigenvalue weighted by atomic mass is 19.3. The summed E-state index contributed by atoms with van der Waals surface area (Å²) < 4.78 is 24.9. The van der Waals surface area contributed by atoms with Gasteiger partial charge in [0, 0.05) is 19.5 Å². The lowest BCUT2D eigenvalue weighted by Crippen LogP contribution is -2.43. The second kappa shape index (κ2) is 7.87. The number of nitrogens with one attached hydrogen (secondary N) is 1. The first-order valence-electron chi connectivity index (χ1n) is 7.66. The molecule has 1 aromatic rings. The van der Waals surface area contributed by atoms with Crippen LogP contribution in [0.4, 0.5) is 8.78 Å². The third kappa shape index (κ3) is 4.62. The van der Waals surface area contributed by atoms with Crippen LogP contribution in [0.25, 0.3) is 6.08 Å². The topological polar surface area (TPSA) is 86.7 Å². The quantitative estimate of drug-likeness (QED) is 0.822. The minimum absolute atomic E-state index is 0.228. The zero-order valence-electron chi connectivity index (χ0n) is 13.5. The normalized spacial score (nSPS) is 17.1. The number of rotatable bonds is 6. The fourth-order valence-corrected chi connectivity index (χ4v) is 2.74. The Morgan fingerprint density at radius 1 is 1.28 bits per heavy atom. The van der Waals surface area contributed by atoms with Crippen LogP contribution in [0.2, 0.25) is 0 Å². The summed E-state index contributed by atoms with van der Waals surface area (Å²) in [5.74, 6) is -2.53. The van der Waals surface area contributed by atoms with E-state index in [0.717, 1.165) is 11.1 Å². The molecule has 0 fully saturated rings. The molecule has 0 bridgehead atoms. The van der Waals surface area contributed by atoms with Crippen LogP contribution in [-0.2, 0) is 14.4 Å². The van der Waals surface area contributed by atoms with Crippen molar-refractivity contribution in [2.24, 2.45) is 0 Å². The Hall–Kier alpha value is -2.77. The molecule has 0 saturated heterocycles. The van der Waals surface area contributed by atoms with Crippen molar-refractivity contribution in [2.45, 2.75) is 38.3 Å². The first kappa shape index (κ1) is 18.6. The van der Waals surface area contributed by atoms with Gasteiger partial charge in [-0.15, -0.1) is 0 Å². The summed E-state index contributed by atoms with van der Waals surface area (Å²) in [6, 6.07) is 4.86. The van der Waals surface area contributed by atoms with Crippen LogP contribution < -0.4 is 5.32 Å². The molecule has 2 N–H and O–H groups in total. The van der Waals surface area contributed by atoms with Gasteiger partial charge in [0.25, 0.3) is 0 Å². The van der Waals surface area contributed by atoms with Crippen molar-refractivity contribution in [3.05, 3.63) is 41.6 Å². The van der Waals surface area contributed by atoms with E-state index in [1.807, 2.05) is 12.1 Å². The summed E-state index contributed by atoms with van der Waals surface area (Å²) in [7, 11) is 0. The molecule has 1 heterocycles. The molecule has 1 aromatic carbocycles. The van der Waals surface area contributed by atoms with E-state index in [9.17, 15) is 23.2 Å². The molecule has 0 spiro atoms. The van der Waals surface area contributed by atoms with Crippen LogP contribution in [0.3, 0.4) is 0 Å². The minimum atomic E-state index is -2.85. The van der Waals surface area contributed by atoms with Gasteiger partial charge in [0.15, 0.2) is 0 Å². The van der Waals surface area contributed by atoms with Crippen LogP contribution in [0.5, 0.6) is 0 Å². The molecule has 25 heavy (non-hydrogen) atoms. The molecule has 0 aliphatic carbocycles. The van der Waals surface area contributed by atoms with E-state index in [2.05, 4.69) is 5.32 Å². The number of carbonyl (C=O) groups is 3. The van der Waals surface area contributed by atoms with E-state index in [1.54, 1.807) is 24.4 Å². The van der Waals surface area contributed by atoms with Crippen molar-refractivity contribution in [3.8, 4) is 0 Å². The smallest absolute Gasteiger partial charge is 0.326 e. The van der Waals surface area contributed by atoms with Crippen molar-refractivity contribution in [3.63, 3.8) is 0 Å². The average Bonchev–Trinajstić information content (AvgIpc) is 2.53. The lowest BCUT2D eigenvalue weighted by molar-refractivity contribution is -0.143. The predicted octanol–water partition coefficient (Wildman–Crippen LogP) is 2.18. The van der Waals surface area contributed by atoms with Gasteiger partial charge in [0.05, 0.1) is 12.5 Å². The number of carboxylic acid groups (broad SMARTS) is 1. The molecule has 2 unspecified atom stereocenters. The van der Waals surface area contributed by atoms with Gasteiger partial charge in [-0.2, -0.15) is 0 Å². The van der Waals surface area contributed by atoms with Gasteiger partial charge in [-0.1, -0.05) is 24.3 Å². The van der Waals surface area contributed by atoms with Crippen molar-refractivity contribution in [2.75, 3.05) is 0 Å². The van der Waals surface area contributed by atoms with Crippen LogP contribution in [0.1, 0.15) is 36.9 Å². The monoisotopic (exact) mass is 352 g/mol. The summed E-state index contributed by atoms with van der Waals surface area (Å²) in [6.07, 6.45) is -0.765. The minimum Gasteiger partial charge on any atom is -0.480 e. The number of carbonyl (C=O) groups excluding carboxylic acids is 2. The number of benzene rings is 1. The fraction of sp³-hybridized carbons (Fsp3) is 0.353. The summed E-state index contributed by atoms with van der Waals surface area (Å²) in [5.41, 5.74) is 1.57. The summed E-state index contributed by atoms with van der Waals surface area (Å²) in [6.45, 7) is 1.35. The maximum Gasteiger partial charge on any atom is 0.326 e. The van der Waals surface area contributed by atoms with Gasteiger partial charge >= 0.3 is 5.97 Å². The molecule has 134 valence electrons. The molecule has 6 nitrogen and oxygen atoms in total. The Labute approximate surface area is 143 Å². The van der Waals surface area contributed by atoms with Gasteiger partial charge < -0.3 is 15.3 Å². The molecule has 0 radical (unpaired) electrons. The van der Waals surface area contributed by atoms with Gasteiger partial charge in [0.2, 0.25) is 18.2 Å². The van der Waals surface area contributed by atoms with E-state index < -0.39 is 36.8 Å². The van der Waals surface area contributed by atoms with Crippen LogP contribution >= 0.6 is 0 Å². The Balaban J connectivity index is 2.17. The van der Waals surface area contributed by atoms with Crippen LogP contribution in [-0.4, -0.2) is 40.3 Å². The molecule has 1 aliphatic rings. The fourth-order valence-electron chi connectivity index (χ4n) is 2.74. The largest absolute Gasteiger partial charge is 0.480 e. The highest BCUT2D eigenvalue weighted by Crippen LogP contribution is 2.32. The number of aliphatic carboxylic acids is 1. The second-order valence-electron chi connectivity index (χ2n) is 5.68. The lowest BCUT2D eigenvalue weighted by Gasteiger charge is -2.32. The molecule has 2 atom stereocenters. The molecule has 1 aliphatic heterocycles. The van der Waals surface area contributed by atoms with E-state index in [1.165, 1.54) is 11.8 Å². The van der Waals surface area contributed by atoms with E-state index in [-0.39, 0.29) is 12.3 Å². The number of carboxylic acids is 1. The SMILES string of the molecule is CC(=O)N1C=Cc2ccccc2C1CC(=O)NC(CC(F)F)C(=O)O. The Morgan fingerprint density at radius 3 is 2.56 bits per heavy atom. The molecule has 0 saturated carbocycles. The maximum atomic E-state index is 12.4. The first-order valence-corrected chi connectivity index (χ1v) is 7.66. The Bertz CT molecular complexity index is 706. The molecule has 0 aromatic heterocycles. The van der Waals surface area contributed by atoms with Crippen molar-refractivity contribution in [1.82, 2.24) is 10.2 Å². The van der Waals surface area contributed by atoms with Gasteiger partial charge in [-0.05, 0) is 17.2 Å². The average molecular weight is 352 g/mol. The predicted molar refractivity (Wildman–Crippen MR) is 85.5 cm³/mol. The maximum absolute atomic E-state index is 12.4. The van der Waals surface area contributed by atoms with Gasteiger partial charge in [0.1, 0.15) is 6.04 Å². The number of fused-ring (bicyclic) bond motifs is 1. The third-order valence-electron chi connectivity index (χ3n) is 3.90. The van der Waals surface area contributed by atoms with Crippen molar-refractivity contribution in [1.29, 1.82) is 0 Å². The van der Waals surface area contributed by atoms with Crippen LogP contribution in [0, 0.1) is 0 Å². The number of alkyl halides is 2. The standard InChI is InChI=1S/C17H18F2N2O4/c1-10(22)21-7-6-11-4-2-3-5-12(11)14(21)9-16(23)20-13(17(24)25)8-15(18)19/h2-7,13-15H,8-9H2,1H3,(H,20,23)(H,24,25). The highest BCUT2D eigenvalue weighted by molar-refractivity contribution is 5.85. The molecule has 8 heteroatoms. The zero-order valence-corrected chi connectivity index (χ0v) is 13.5. The molecule has 2 amide bonds. The van der Waals surface area contributed by atoms with Gasteiger partial charge in [-0.3, -0.25) is 9.59 Å². The van der Waals surface area contributed by atoms with Crippen LogP contribution in [0.15, 0.2) is 30.5 Å². The van der Waals surface area contributed by atoms with Gasteiger partial charge in [-0.25, -0.2) is 13.6 Å². The first-order chi connectivity index (χ1) is 11.8. The Kier molecular flexibility index (Phi) is 5.84. The number of hydrogen-bond acceptors (Lipinski definition) is 3. The van der Waals surface area contributed by atoms with Crippen molar-refractivity contribution >= 4 is 23.9 Å². The lowest BCUT2D eigenvalue weighted by atomic mass is 9.93. The zero-order chi connectivity index (χ0) is 18.6. The molecule has 2 rings (SSSR count). The number of amides is 2. The van der Waals surface area contributed by atoms with E-state index in [0.29, 0.717) is 0 Å². The number of halogens is 2. The number of nitrogens with zero attached hydrogens (tertiary/aromatic N) is 1. The summed E-state index contributed by atoms with van der Waals surface area (Å²) in [4.78, 5) is 36.4. The summed E-state index contributed by atoms with van der Waals surface area (Å²) in [5, 5.41) is 11.1. The molecular formula is C17H18F2N2O4. The highest BCUT2D eigenvalue weighted by Gasteiger charge is 2.30. The Morgan fingerprint density at radius 2 is 1.96 bits per heavy atom. The van der Waals surface area contributed by atoms with Crippen molar-refractivity contribution < 1.29 is 28.3 Å². The molecular weight excluding hydrogens is 334 g/mol. The third-order valence-corrected chi connectivity index (χ3v) is 3.90. The van der Waals surface area contributed by atoms with E-state index in [4.69, 9.17) is 5.11 Å². The number of hydrogen-bond donors (Lipinski definition) is 2.